The van der Waals surface area contributed by atoms with E-state index in [0.29, 0.717) is 11.0 Å². The first kappa shape index (κ1) is 19.0. The maximum Gasteiger partial charge on any atom is 0.268 e. The molecule has 1 atom stereocenters. The molecule has 1 saturated heterocycles. The molecule has 1 unspecified atom stereocenters. The van der Waals surface area contributed by atoms with Gasteiger partial charge in [-0.3, -0.25) is 19.4 Å². The van der Waals surface area contributed by atoms with Gasteiger partial charge in [-0.1, -0.05) is 0 Å². The monoisotopic (exact) mass is 401 g/mol. The van der Waals surface area contributed by atoms with E-state index in [1.807, 2.05) is 0 Å². The molecule has 1 aliphatic heterocycles. The first-order valence-corrected chi connectivity index (χ1v) is 9.16. The van der Waals surface area contributed by atoms with Gasteiger partial charge in [-0.25, -0.2) is 8.78 Å². The van der Waals surface area contributed by atoms with Gasteiger partial charge in [-0.2, -0.15) is 5.26 Å². The summed E-state index contributed by atoms with van der Waals surface area (Å²) in [6.07, 6.45) is 2.36. The summed E-state index contributed by atoms with van der Waals surface area (Å²) in [5.41, 5.74) is 0.791. The van der Waals surface area contributed by atoms with Crippen LogP contribution < -0.4 is 10.9 Å². The Morgan fingerprint density at radius 2 is 2.07 bits per heavy atom. The number of fused-ring (bicyclic) bond motifs is 1. The summed E-state index contributed by atoms with van der Waals surface area (Å²) < 4.78 is 28.6. The minimum atomic E-state index is -3.12. The van der Waals surface area contributed by atoms with Gasteiger partial charge in [0.15, 0.2) is 0 Å². The molecule has 2 aliphatic rings. The van der Waals surface area contributed by atoms with E-state index in [4.69, 9.17) is 5.26 Å². The fraction of sp³-hybridized carbons (Fsp3) is 0.421. The van der Waals surface area contributed by atoms with Crippen LogP contribution in [0.5, 0.6) is 0 Å². The van der Waals surface area contributed by atoms with Crippen LogP contribution in [0, 0.1) is 11.3 Å². The average Bonchev–Trinajstić information content (AvgIpc) is 3.47. The van der Waals surface area contributed by atoms with Gasteiger partial charge in [0, 0.05) is 24.7 Å². The van der Waals surface area contributed by atoms with Gasteiger partial charge in [0.1, 0.15) is 6.04 Å². The van der Waals surface area contributed by atoms with Crippen molar-refractivity contribution in [3.05, 3.63) is 40.3 Å². The second kappa shape index (κ2) is 6.92. The van der Waals surface area contributed by atoms with Gasteiger partial charge in [-0.05, 0) is 25.0 Å². The standard InChI is InChI=1S/C19H17F2N5O3/c20-19(21)7-12(8-22)25(10-19)16(28)9-24-18(29)13-5-6-23-14-3-4-15(27)26(17(13)14)11-1-2-11/h3-6,11-12H,1-2,7,9-10H2,(H,24,29). The summed E-state index contributed by atoms with van der Waals surface area (Å²) in [5.74, 6) is -4.51. The molecule has 2 amide bonds. The smallest absolute Gasteiger partial charge is 0.268 e. The number of amides is 2. The summed E-state index contributed by atoms with van der Waals surface area (Å²) >= 11 is 0. The Hall–Kier alpha value is -3.35. The molecule has 8 nitrogen and oxygen atoms in total. The number of pyridine rings is 2. The average molecular weight is 401 g/mol. The highest BCUT2D eigenvalue weighted by Gasteiger charge is 2.47. The number of hydrogen-bond acceptors (Lipinski definition) is 5. The van der Waals surface area contributed by atoms with E-state index in [2.05, 4.69) is 10.3 Å². The number of aromatic nitrogens is 2. The van der Waals surface area contributed by atoms with Crippen LogP contribution in [0.2, 0.25) is 0 Å². The van der Waals surface area contributed by atoms with E-state index in [9.17, 15) is 23.2 Å². The molecule has 2 aromatic rings. The molecule has 3 heterocycles. The number of carbonyl (C=O) groups excluding carboxylic acids is 2. The molecule has 10 heteroatoms. The van der Waals surface area contributed by atoms with Gasteiger partial charge in [0.2, 0.25) is 5.91 Å². The number of nitrogens with zero attached hydrogens (tertiary/aromatic N) is 4. The second-order valence-corrected chi connectivity index (χ2v) is 7.27. The Kier molecular flexibility index (Phi) is 4.53. The largest absolute Gasteiger partial charge is 0.343 e. The van der Waals surface area contributed by atoms with Crippen LogP contribution in [0.3, 0.4) is 0 Å². The summed E-state index contributed by atoms with van der Waals surface area (Å²) in [6.45, 7) is -1.38. The zero-order valence-electron chi connectivity index (χ0n) is 15.3. The van der Waals surface area contributed by atoms with Crippen molar-refractivity contribution in [1.82, 2.24) is 19.8 Å². The molecule has 0 bridgehead atoms. The third kappa shape index (κ3) is 3.55. The van der Waals surface area contributed by atoms with Crippen LogP contribution in [0.1, 0.15) is 35.7 Å². The Labute approximate surface area is 163 Å². The van der Waals surface area contributed by atoms with Gasteiger partial charge in [-0.15, -0.1) is 0 Å². The molecule has 1 saturated carbocycles. The van der Waals surface area contributed by atoms with E-state index in [1.165, 1.54) is 29.0 Å². The molecule has 2 fully saturated rings. The van der Waals surface area contributed by atoms with Crippen molar-refractivity contribution < 1.29 is 18.4 Å². The predicted octanol–water partition coefficient (Wildman–Crippen LogP) is 1.22. The van der Waals surface area contributed by atoms with E-state index in [1.54, 1.807) is 6.07 Å². The van der Waals surface area contributed by atoms with E-state index in [-0.39, 0.29) is 17.2 Å². The number of nitrogens with one attached hydrogen (secondary N) is 1. The number of nitriles is 1. The van der Waals surface area contributed by atoms with Crippen LogP contribution in [0.4, 0.5) is 8.78 Å². The van der Waals surface area contributed by atoms with Crippen LogP contribution >= 0.6 is 0 Å². The van der Waals surface area contributed by atoms with Crippen molar-refractivity contribution in [3.63, 3.8) is 0 Å². The molecular formula is C19H17F2N5O3. The number of rotatable bonds is 4. The van der Waals surface area contributed by atoms with Crippen molar-refractivity contribution >= 4 is 22.8 Å². The van der Waals surface area contributed by atoms with Crippen LogP contribution in [-0.2, 0) is 4.79 Å². The van der Waals surface area contributed by atoms with Gasteiger partial charge in [0.25, 0.3) is 17.4 Å². The lowest BCUT2D eigenvalue weighted by atomic mass is 10.1. The Bertz CT molecular complexity index is 1100. The quantitative estimate of drug-likeness (QED) is 0.829. The maximum atomic E-state index is 13.5. The first-order valence-electron chi connectivity index (χ1n) is 9.16. The van der Waals surface area contributed by atoms with Crippen molar-refractivity contribution in [3.8, 4) is 6.07 Å². The van der Waals surface area contributed by atoms with E-state index >= 15 is 0 Å². The minimum Gasteiger partial charge on any atom is -0.343 e. The fourth-order valence-corrected chi connectivity index (χ4v) is 3.61. The highest BCUT2D eigenvalue weighted by atomic mass is 19.3. The van der Waals surface area contributed by atoms with Gasteiger partial charge in [0.05, 0.1) is 35.8 Å². The molecule has 2 aromatic heterocycles. The molecule has 1 N–H and O–H groups in total. The first-order chi connectivity index (χ1) is 13.8. The lowest BCUT2D eigenvalue weighted by molar-refractivity contribution is -0.131. The Morgan fingerprint density at radius 3 is 2.76 bits per heavy atom. The highest BCUT2D eigenvalue weighted by molar-refractivity contribution is 6.05. The molecule has 0 radical (unpaired) electrons. The topological polar surface area (TPSA) is 108 Å². The summed E-state index contributed by atoms with van der Waals surface area (Å²) in [6, 6.07) is 4.85. The van der Waals surface area contributed by atoms with Crippen molar-refractivity contribution in [2.24, 2.45) is 0 Å². The van der Waals surface area contributed by atoms with E-state index in [0.717, 1.165) is 17.7 Å². The van der Waals surface area contributed by atoms with E-state index < -0.39 is 43.3 Å². The summed E-state index contributed by atoms with van der Waals surface area (Å²) in [5, 5.41) is 11.4. The summed E-state index contributed by atoms with van der Waals surface area (Å²) in [7, 11) is 0. The number of hydrogen-bond donors (Lipinski definition) is 1. The molecule has 29 heavy (non-hydrogen) atoms. The van der Waals surface area contributed by atoms with Crippen LogP contribution in [0.25, 0.3) is 11.0 Å². The Balaban J connectivity index is 1.56. The number of halogens is 2. The summed E-state index contributed by atoms with van der Waals surface area (Å²) in [4.78, 5) is 42.3. The third-order valence-electron chi connectivity index (χ3n) is 5.11. The lowest BCUT2D eigenvalue weighted by Gasteiger charge is -2.19. The zero-order chi connectivity index (χ0) is 20.8. The predicted molar refractivity (Wildman–Crippen MR) is 97.3 cm³/mol. The normalized spacial score (nSPS) is 20.4. The molecule has 0 spiro atoms. The molecule has 1 aliphatic carbocycles. The van der Waals surface area contributed by atoms with Crippen LogP contribution in [-0.4, -0.2) is 51.3 Å². The van der Waals surface area contributed by atoms with Crippen molar-refractivity contribution in [2.45, 2.75) is 37.3 Å². The minimum absolute atomic E-state index is 0.00630. The van der Waals surface area contributed by atoms with Gasteiger partial charge >= 0.3 is 0 Å². The molecule has 150 valence electrons. The lowest BCUT2D eigenvalue weighted by Crippen LogP contribution is -2.43. The molecular weight excluding hydrogens is 384 g/mol. The Morgan fingerprint density at radius 1 is 1.31 bits per heavy atom. The number of likely N-dealkylation sites (tertiary alicyclic amines) is 1. The fourth-order valence-electron chi connectivity index (χ4n) is 3.61. The van der Waals surface area contributed by atoms with Crippen molar-refractivity contribution in [1.29, 1.82) is 5.26 Å². The maximum absolute atomic E-state index is 13.5. The SMILES string of the molecule is N#CC1CC(F)(F)CN1C(=O)CNC(=O)c1ccnc2ccc(=O)n(C3CC3)c12. The van der Waals surface area contributed by atoms with Gasteiger partial charge < -0.3 is 14.8 Å². The third-order valence-corrected chi connectivity index (χ3v) is 5.11. The number of alkyl halides is 2. The van der Waals surface area contributed by atoms with Crippen LogP contribution in [0.15, 0.2) is 29.2 Å². The highest BCUT2D eigenvalue weighted by Crippen LogP contribution is 2.36. The molecule has 4 rings (SSSR count). The van der Waals surface area contributed by atoms with Crippen molar-refractivity contribution in [2.75, 3.05) is 13.1 Å². The zero-order valence-corrected chi connectivity index (χ0v) is 15.3. The number of carbonyl (C=O) groups is 2. The molecule has 0 aromatic carbocycles. The second-order valence-electron chi connectivity index (χ2n) is 7.27.